The fourth-order valence-electron chi connectivity index (χ4n) is 2.96. The highest BCUT2D eigenvalue weighted by atomic mass is 15.0. The maximum Gasteiger partial charge on any atom is 0.0968 e. The molecule has 5 nitrogen and oxygen atoms in total. The maximum absolute atomic E-state index is 4.85. The van der Waals surface area contributed by atoms with Gasteiger partial charge in [-0.05, 0) is 12.1 Å². The molecular formula is C18H21N5. The highest BCUT2D eigenvalue weighted by Crippen LogP contribution is 2.23. The van der Waals surface area contributed by atoms with Crippen LogP contribution < -0.4 is 16.0 Å². The van der Waals surface area contributed by atoms with E-state index < -0.39 is 0 Å². The Kier molecular flexibility index (Phi) is 4.15. The molecule has 23 heavy (non-hydrogen) atoms. The first-order chi connectivity index (χ1) is 11.4. The number of aromatic nitrogens is 2. The zero-order valence-electron chi connectivity index (χ0n) is 13.1. The van der Waals surface area contributed by atoms with Crippen LogP contribution in [0.5, 0.6) is 0 Å². The fourth-order valence-corrected chi connectivity index (χ4v) is 2.96. The van der Waals surface area contributed by atoms with E-state index in [-0.39, 0.29) is 0 Å². The number of hydrogen-bond acceptors (Lipinski definition) is 5. The number of hydrogen-bond donors (Lipinski definition) is 3. The van der Waals surface area contributed by atoms with Crippen LogP contribution in [0.3, 0.4) is 0 Å². The van der Waals surface area contributed by atoms with Crippen LogP contribution in [0.15, 0.2) is 36.4 Å². The molecule has 1 aliphatic rings. The van der Waals surface area contributed by atoms with Gasteiger partial charge in [-0.25, -0.2) is 9.97 Å². The SMILES string of the molecule is c1cc2ccc3ccc4nc3c2nc1CNCCNCCNC4. The van der Waals surface area contributed by atoms with E-state index in [2.05, 4.69) is 52.3 Å². The minimum Gasteiger partial charge on any atom is -0.314 e. The lowest BCUT2D eigenvalue weighted by atomic mass is 10.1. The van der Waals surface area contributed by atoms with Gasteiger partial charge in [-0.1, -0.05) is 24.3 Å². The quantitative estimate of drug-likeness (QED) is 0.550. The van der Waals surface area contributed by atoms with Crippen molar-refractivity contribution in [2.45, 2.75) is 13.1 Å². The summed E-state index contributed by atoms with van der Waals surface area (Å²) >= 11 is 0. The van der Waals surface area contributed by atoms with Gasteiger partial charge in [0.15, 0.2) is 0 Å². The largest absolute Gasteiger partial charge is 0.314 e. The second kappa shape index (κ2) is 6.58. The molecule has 4 bridgehead atoms. The number of pyridine rings is 2. The number of rotatable bonds is 0. The molecule has 0 saturated heterocycles. The van der Waals surface area contributed by atoms with Crippen molar-refractivity contribution in [2.24, 2.45) is 0 Å². The van der Waals surface area contributed by atoms with Gasteiger partial charge in [-0.15, -0.1) is 0 Å². The van der Waals surface area contributed by atoms with Crippen molar-refractivity contribution >= 4 is 21.8 Å². The summed E-state index contributed by atoms with van der Waals surface area (Å²) in [6, 6.07) is 12.7. The summed E-state index contributed by atoms with van der Waals surface area (Å²) in [5, 5.41) is 12.6. The van der Waals surface area contributed by atoms with E-state index in [1.54, 1.807) is 0 Å². The Balaban J connectivity index is 1.82. The van der Waals surface area contributed by atoms with Crippen molar-refractivity contribution in [2.75, 3.05) is 26.2 Å². The van der Waals surface area contributed by atoms with E-state index in [1.807, 2.05) is 0 Å². The van der Waals surface area contributed by atoms with Gasteiger partial charge in [-0.3, -0.25) is 0 Å². The van der Waals surface area contributed by atoms with Gasteiger partial charge in [0.25, 0.3) is 0 Å². The third kappa shape index (κ3) is 3.17. The summed E-state index contributed by atoms with van der Waals surface area (Å²) in [4.78, 5) is 9.70. The normalized spacial score (nSPS) is 16.9. The molecular weight excluding hydrogens is 286 g/mol. The Morgan fingerprint density at radius 3 is 1.52 bits per heavy atom. The zero-order chi connectivity index (χ0) is 15.5. The van der Waals surface area contributed by atoms with Gasteiger partial charge >= 0.3 is 0 Å². The third-order valence-electron chi connectivity index (χ3n) is 4.20. The average Bonchev–Trinajstić information content (AvgIpc) is 2.60. The summed E-state index contributed by atoms with van der Waals surface area (Å²) in [6.07, 6.45) is 0. The van der Waals surface area contributed by atoms with E-state index in [4.69, 9.17) is 9.97 Å². The van der Waals surface area contributed by atoms with Crippen molar-refractivity contribution in [3.8, 4) is 0 Å². The van der Waals surface area contributed by atoms with E-state index >= 15 is 0 Å². The predicted octanol–water partition coefficient (Wildman–Crippen LogP) is 1.57. The van der Waals surface area contributed by atoms with Gasteiger partial charge in [0.05, 0.1) is 22.4 Å². The van der Waals surface area contributed by atoms with Gasteiger partial charge in [0.1, 0.15) is 0 Å². The summed E-state index contributed by atoms with van der Waals surface area (Å²) in [5.41, 5.74) is 4.11. The van der Waals surface area contributed by atoms with Crippen LogP contribution in [0, 0.1) is 0 Å². The Labute approximate surface area is 135 Å². The first-order valence-corrected chi connectivity index (χ1v) is 8.20. The molecule has 0 amide bonds. The minimum atomic E-state index is 0.784. The molecule has 0 saturated carbocycles. The predicted molar refractivity (Wildman–Crippen MR) is 93.3 cm³/mol. The highest BCUT2D eigenvalue weighted by Gasteiger charge is 2.07. The number of fused-ring (bicyclic) bond motifs is 2. The highest BCUT2D eigenvalue weighted by molar-refractivity contribution is 6.02. The van der Waals surface area contributed by atoms with Crippen LogP contribution in [0.2, 0.25) is 0 Å². The number of nitrogens with zero attached hydrogens (tertiary/aromatic N) is 2. The van der Waals surface area contributed by atoms with Crippen LogP contribution in [0.25, 0.3) is 21.8 Å². The molecule has 0 radical (unpaired) electrons. The lowest BCUT2D eigenvalue weighted by Crippen LogP contribution is -2.32. The van der Waals surface area contributed by atoms with Gasteiger partial charge in [-0.2, -0.15) is 0 Å². The molecule has 3 N–H and O–H groups in total. The second-order valence-corrected chi connectivity index (χ2v) is 5.92. The lowest BCUT2D eigenvalue weighted by molar-refractivity contribution is 0.577. The molecule has 4 rings (SSSR count). The second-order valence-electron chi connectivity index (χ2n) is 5.92. The maximum atomic E-state index is 4.85. The van der Waals surface area contributed by atoms with Crippen LogP contribution in [0.4, 0.5) is 0 Å². The Morgan fingerprint density at radius 2 is 1.00 bits per heavy atom. The number of benzene rings is 1. The number of nitrogens with one attached hydrogen (secondary N) is 3. The summed E-state index contributed by atoms with van der Waals surface area (Å²) < 4.78 is 0. The average molecular weight is 307 g/mol. The van der Waals surface area contributed by atoms with Crippen molar-refractivity contribution in [1.29, 1.82) is 0 Å². The smallest absolute Gasteiger partial charge is 0.0968 e. The third-order valence-corrected chi connectivity index (χ3v) is 4.20. The summed E-state index contributed by atoms with van der Waals surface area (Å²) in [6.45, 7) is 5.38. The Hall–Kier alpha value is -2.08. The van der Waals surface area contributed by atoms with E-state index in [0.29, 0.717) is 0 Å². The molecule has 0 unspecified atom stereocenters. The van der Waals surface area contributed by atoms with Gasteiger partial charge in [0.2, 0.25) is 0 Å². The topological polar surface area (TPSA) is 61.9 Å². The van der Waals surface area contributed by atoms with E-state index in [0.717, 1.165) is 72.5 Å². The molecule has 0 atom stereocenters. The van der Waals surface area contributed by atoms with Crippen LogP contribution in [-0.4, -0.2) is 36.1 Å². The van der Waals surface area contributed by atoms with Crippen molar-refractivity contribution < 1.29 is 0 Å². The van der Waals surface area contributed by atoms with Crippen LogP contribution in [0.1, 0.15) is 11.4 Å². The molecule has 118 valence electrons. The molecule has 2 aromatic heterocycles. The fraction of sp³-hybridized carbons (Fsp3) is 0.333. The summed E-state index contributed by atoms with van der Waals surface area (Å²) in [5.74, 6) is 0. The minimum absolute atomic E-state index is 0.784. The molecule has 3 heterocycles. The first-order valence-electron chi connectivity index (χ1n) is 8.20. The molecule has 1 aromatic carbocycles. The molecule has 3 aromatic rings. The van der Waals surface area contributed by atoms with Crippen LogP contribution >= 0.6 is 0 Å². The lowest BCUT2D eigenvalue weighted by Gasteiger charge is -2.08. The Bertz CT molecular complexity index is 761. The van der Waals surface area contributed by atoms with Gasteiger partial charge < -0.3 is 16.0 Å². The molecule has 0 fully saturated rings. The van der Waals surface area contributed by atoms with Crippen molar-refractivity contribution in [3.05, 3.63) is 47.8 Å². The summed E-state index contributed by atoms with van der Waals surface area (Å²) in [7, 11) is 0. The monoisotopic (exact) mass is 307 g/mol. The van der Waals surface area contributed by atoms with E-state index in [9.17, 15) is 0 Å². The molecule has 1 aliphatic heterocycles. The van der Waals surface area contributed by atoms with Crippen LogP contribution in [-0.2, 0) is 13.1 Å². The molecule has 5 heteroatoms. The first kappa shape index (κ1) is 14.5. The van der Waals surface area contributed by atoms with Crippen molar-refractivity contribution in [3.63, 3.8) is 0 Å². The van der Waals surface area contributed by atoms with Crippen molar-refractivity contribution in [1.82, 2.24) is 25.9 Å². The molecule has 0 spiro atoms. The van der Waals surface area contributed by atoms with E-state index in [1.165, 1.54) is 0 Å². The standard InChI is InChI=1S/C18H21N5/c1-2-14-4-6-16-12-21-10-8-19-7-9-20-11-15-5-3-13(1)17(22-15)18(14)23-16/h1-6,19-21H,7-12H2. The van der Waals surface area contributed by atoms with Gasteiger partial charge in [0, 0.05) is 50.0 Å². The zero-order valence-corrected chi connectivity index (χ0v) is 13.1. The Morgan fingerprint density at radius 1 is 0.565 bits per heavy atom. The molecule has 0 aliphatic carbocycles.